The molecular formula is C17H20FNO. The van der Waals surface area contributed by atoms with Crippen molar-refractivity contribution in [1.29, 1.82) is 0 Å². The van der Waals surface area contributed by atoms with Gasteiger partial charge in [-0.05, 0) is 73.0 Å². The van der Waals surface area contributed by atoms with Gasteiger partial charge in [0.15, 0.2) is 0 Å². The van der Waals surface area contributed by atoms with Crippen LogP contribution >= 0.6 is 0 Å². The highest BCUT2D eigenvalue weighted by atomic mass is 19.1. The fraction of sp³-hybridized carbons (Fsp3) is 0.294. The summed E-state index contributed by atoms with van der Waals surface area (Å²) >= 11 is 0. The van der Waals surface area contributed by atoms with Gasteiger partial charge in [0.2, 0.25) is 0 Å². The van der Waals surface area contributed by atoms with Crippen LogP contribution in [0.15, 0.2) is 30.3 Å². The van der Waals surface area contributed by atoms with Crippen LogP contribution in [0, 0.1) is 19.7 Å². The van der Waals surface area contributed by atoms with Gasteiger partial charge in [-0.15, -0.1) is 0 Å². The molecule has 0 spiro atoms. The lowest BCUT2D eigenvalue weighted by Gasteiger charge is -2.15. The normalized spacial score (nSPS) is 10.7. The number of nitrogens with one attached hydrogen (secondary N) is 1. The molecule has 0 saturated heterocycles. The third-order valence-corrected chi connectivity index (χ3v) is 3.47. The Hall–Kier alpha value is -1.87. The van der Waals surface area contributed by atoms with Gasteiger partial charge in [0.05, 0.1) is 7.11 Å². The molecule has 0 heterocycles. The number of aryl methyl sites for hydroxylation is 2. The fourth-order valence-electron chi connectivity index (χ4n) is 2.46. The Labute approximate surface area is 119 Å². The number of rotatable bonds is 4. The van der Waals surface area contributed by atoms with Crippen molar-refractivity contribution in [2.75, 3.05) is 14.2 Å². The lowest BCUT2D eigenvalue weighted by Crippen LogP contribution is -2.07. The van der Waals surface area contributed by atoms with Gasteiger partial charge in [-0.2, -0.15) is 0 Å². The van der Waals surface area contributed by atoms with Crippen molar-refractivity contribution < 1.29 is 9.13 Å². The Bertz CT molecular complexity index is 623. The third kappa shape index (κ3) is 2.83. The summed E-state index contributed by atoms with van der Waals surface area (Å²) in [6.07, 6.45) is 0. The zero-order valence-corrected chi connectivity index (χ0v) is 12.4. The molecule has 1 N–H and O–H groups in total. The quantitative estimate of drug-likeness (QED) is 0.914. The van der Waals surface area contributed by atoms with E-state index in [-0.39, 0.29) is 5.82 Å². The van der Waals surface area contributed by atoms with Crippen molar-refractivity contribution in [1.82, 2.24) is 5.32 Å². The van der Waals surface area contributed by atoms with Crippen LogP contribution in [-0.2, 0) is 6.54 Å². The molecule has 0 unspecified atom stereocenters. The molecule has 0 aromatic heterocycles. The van der Waals surface area contributed by atoms with Crippen LogP contribution in [0.5, 0.6) is 5.75 Å². The predicted octanol–water partition coefficient (Wildman–Crippen LogP) is 3.84. The van der Waals surface area contributed by atoms with Crippen LogP contribution in [0.4, 0.5) is 4.39 Å². The number of hydrogen-bond acceptors (Lipinski definition) is 2. The van der Waals surface area contributed by atoms with Crippen LogP contribution in [0.2, 0.25) is 0 Å². The van der Waals surface area contributed by atoms with E-state index < -0.39 is 0 Å². The zero-order chi connectivity index (χ0) is 14.7. The Morgan fingerprint density at radius 3 is 2.45 bits per heavy atom. The summed E-state index contributed by atoms with van der Waals surface area (Å²) in [6.45, 7) is 4.70. The number of methoxy groups -OCH3 is 1. The Morgan fingerprint density at radius 2 is 1.80 bits per heavy atom. The molecule has 0 aliphatic rings. The molecular weight excluding hydrogens is 253 g/mol. The summed E-state index contributed by atoms with van der Waals surface area (Å²) in [5, 5.41) is 3.09. The molecule has 0 aliphatic carbocycles. The molecule has 0 saturated carbocycles. The Morgan fingerprint density at radius 1 is 1.05 bits per heavy atom. The summed E-state index contributed by atoms with van der Waals surface area (Å²) in [5.41, 5.74) is 5.34. The summed E-state index contributed by atoms with van der Waals surface area (Å²) in [6, 6.07) is 9.06. The van der Waals surface area contributed by atoms with Gasteiger partial charge in [0.1, 0.15) is 11.6 Å². The smallest absolute Gasteiger partial charge is 0.123 e. The van der Waals surface area contributed by atoms with Crippen LogP contribution in [0.3, 0.4) is 0 Å². The number of halogens is 1. The highest BCUT2D eigenvalue weighted by molar-refractivity contribution is 5.72. The van der Waals surface area contributed by atoms with Crippen LogP contribution in [0.25, 0.3) is 11.1 Å². The molecule has 3 heteroatoms. The summed E-state index contributed by atoms with van der Waals surface area (Å²) < 4.78 is 18.8. The average molecular weight is 273 g/mol. The molecule has 0 bridgehead atoms. The summed E-state index contributed by atoms with van der Waals surface area (Å²) in [5.74, 6) is 0.672. The van der Waals surface area contributed by atoms with E-state index in [1.165, 1.54) is 6.07 Å². The largest absolute Gasteiger partial charge is 0.496 e. The third-order valence-electron chi connectivity index (χ3n) is 3.47. The second-order valence-electron chi connectivity index (χ2n) is 4.97. The minimum Gasteiger partial charge on any atom is -0.496 e. The number of ether oxygens (including phenoxy) is 1. The minimum atomic E-state index is -0.207. The van der Waals surface area contributed by atoms with E-state index in [9.17, 15) is 4.39 Å². The first-order chi connectivity index (χ1) is 9.56. The molecule has 0 amide bonds. The maximum Gasteiger partial charge on any atom is 0.123 e. The van der Waals surface area contributed by atoms with Gasteiger partial charge in [-0.1, -0.05) is 6.07 Å². The van der Waals surface area contributed by atoms with Crippen molar-refractivity contribution >= 4 is 0 Å². The lowest BCUT2D eigenvalue weighted by molar-refractivity contribution is 0.411. The minimum absolute atomic E-state index is 0.207. The highest BCUT2D eigenvalue weighted by Crippen LogP contribution is 2.32. The van der Waals surface area contributed by atoms with Gasteiger partial charge in [-0.25, -0.2) is 4.39 Å². The topological polar surface area (TPSA) is 21.3 Å². The van der Waals surface area contributed by atoms with E-state index in [0.29, 0.717) is 6.54 Å². The van der Waals surface area contributed by atoms with Gasteiger partial charge in [0.25, 0.3) is 0 Å². The van der Waals surface area contributed by atoms with Crippen molar-refractivity contribution in [3.8, 4) is 16.9 Å². The van der Waals surface area contributed by atoms with Crippen molar-refractivity contribution in [2.45, 2.75) is 20.4 Å². The molecule has 0 atom stereocenters. The van der Waals surface area contributed by atoms with E-state index in [1.54, 1.807) is 13.2 Å². The monoisotopic (exact) mass is 273 g/mol. The Kier molecular flexibility index (Phi) is 4.40. The van der Waals surface area contributed by atoms with Crippen LogP contribution in [0.1, 0.15) is 16.7 Å². The van der Waals surface area contributed by atoms with Gasteiger partial charge >= 0.3 is 0 Å². The summed E-state index contributed by atoms with van der Waals surface area (Å²) in [4.78, 5) is 0. The van der Waals surface area contributed by atoms with E-state index in [2.05, 4.69) is 11.4 Å². The van der Waals surface area contributed by atoms with E-state index in [4.69, 9.17) is 4.74 Å². The molecule has 0 aliphatic heterocycles. The van der Waals surface area contributed by atoms with Gasteiger partial charge in [0, 0.05) is 6.54 Å². The first kappa shape index (κ1) is 14.5. The number of hydrogen-bond donors (Lipinski definition) is 1. The lowest BCUT2D eigenvalue weighted by atomic mass is 9.94. The maximum atomic E-state index is 13.4. The molecule has 0 radical (unpaired) electrons. The van der Waals surface area contributed by atoms with E-state index in [1.807, 2.05) is 33.0 Å². The number of benzene rings is 2. The first-order valence-electron chi connectivity index (χ1n) is 6.65. The van der Waals surface area contributed by atoms with Crippen LogP contribution in [-0.4, -0.2) is 14.2 Å². The molecule has 0 fully saturated rings. The Balaban J connectivity index is 2.59. The first-order valence-corrected chi connectivity index (χ1v) is 6.65. The van der Waals surface area contributed by atoms with Crippen molar-refractivity contribution in [3.63, 3.8) is 0 Å². The second kappa shape index (κ2) is 6.06. The molecule has 106 valence electrons. The van der Waals surface area contributed by atoms with Gasteiger partial charge < -0.3 is 10.1 Å². The second-order valence-corrected chi connectivity index (χ2v) is 4.97. The predicted molar refractivity (Wildman–Crippen MR) is 80.6 cm³/mol. The van der Waals surface area contributed by atoms with Crippen molar-refractivity contribution in [2.24, 2.45) is 0 Å². The molecule has 2 aromatic carbocycles. The van der Waals surface area contributed by atoms with E-state index in [0.717, 1.165) is 33.6 Å². The fourth-order valence-corrected chi connectivity index (χ4v) is 2.46. The van der Waals surface area contributed by atoms with E-state index >= 15 is 0 Å². The van der Waals surface area contributed by atoms with Crippen molar-refractivity contribution in [3.05, 3.63) is 52.8 Å². The molecule has 2 nitrogen and oxygen atoms in total. The van der Waals surface area contributed by atoms with Crippen LogP contribution < -0.4 is 10.1 Å². The highest BCUT2D eigenvalue weighted by Gasteiger charge is 2.11. The maximum absolute atomic E-state index is 13.4. The standard InChI is InChI=1S/C17H20FNO/c1-11-8-17(20-4)12(2)7-16(11)15-6-5-14(18)9-13(15)10-19-3/h5-9,19H,10H2,1-4H3. The molecule has 20 heavy (non-hydrogen) atoms. The SMILES string of the molecule is CNCc1cc(F)ccc1-c1cc(C)c(OC)cc1C. The summed E-state index contributed by atoms with van der Waals surface area (Å²) in [7, 11) is 3.53. The van der Waals surface area contributed by atoms with Gasteiger partial charge in [-0.3, -0.25) is 0 Å². The average Bonchev–Trinajstić information content (AvgIpc) is 2.42. The molecule has 2 rings (SSSR count). The molecule has 2 aromatic rings. The zero-order valence-electron chi connectivity index (χ0n) is 12.4.